The molecule has 2 aliphatic heterocycles. The summed E-state index contributed by atoms with van der Waals surface area (Å²) >= 11 is 0. The van der Waals surface area contributed by atoms with Gasteiger partial charge in [0.25, 0.3) is 0 Å². The molecule has 0 N–H and O–H groups in total. The molecule has 2 saturated heterocycles. The van der Waals surface area contributed by atoms with E-state index in [0.717, 1.165) is 31.1 Å². The smallest absolute Gasteiger partial charge is 0.142 e. The molecule has 2 saturated carbocycles. The molecule has 3 heteroatoms. The van der Waals surface area contributed by atoms with Crippen LogP contribution in [-0.4, -0.2) is 47.9 Å². The molecule has 2 heterocycles. The minimum Gasteiger partial charge on any atom is -0.299 e. The molecule has 0 radical (unpaired) electrons. The Morgan fingerprint density at radius 2 is 1.67 bits per heavy atom. The van der Waals surface area contributed by atoms with E-state index in [-0.39, 0.29) is 5.41 Å². The van der Waals surface area contributed by atoms with Crippen LogP contribution < -0.4 is 0 Å². The molecule has 6 aliphatic rings. The number of fused-ring (bicyclic) bond motifs is 5. The largest absolute Gasteiger partial charge is 0.299 e. The monoisotopic (exact) mass is 408 g/mol. The van der Waals surface area contributed by atoms with Crippen LogP contribution in [-0.2, 0) is 4.79 Å². The third-order valence-electron chi connectivity index (χ3n) is 10.4. The van der Waals surface area contributed by atoms with Crippen molar-refractivity contribution in [1.82, 2.24) is 9.80 Å². The molecule has 4 aliphatic carbocycles. The Morgan fingerprint density at radius 1 is 0.967 bits per heavy atom. The lowest BCUT2D eigenvalue weighted by atomic mass is 9.48. The van der Waals surface area contributed by atoms with E-state index in [9.17, 15) is 4.79 Å². The summed E-state index contributed by atoms with van der Waals surface area (Å²) < 4.78 is 0. The summed E-state index contributed by atoms with van der Waals surface area (Å²) in [6, 6.07) is 0. The lowest BCUT2D eigenvalue weighted by Crippen LogP contribution is -2.63. The zero-order valence-corrected chi connectivity index (χ0v) is 19.0. The Labute approximate surface area is 182 Å². The maximum atomic E-state index is 13.8. The number of hydrogen-bond acceptors (Lipinski definition) is 3. The predicted octanol–water partition coefficient (Wildman–Crippen LogP) is 5.18. The first-order valence-corrected chi connectivity index (χ1v) is 13.0. The van der Waals surface area contributed by atoms with Crippen LogP contribution in [0.1, 0.15) is 77.6 Å². The molecule has 0 aromatic carbocycles. The van der Waals surface area contributed by atoms with Crippen LogP contribution in [0.4, 0.5) is 0 Å². The highest BCUT2D eigenvalue weighted by atomic mass is 16.1. The molecule has 0 amide bonds. The molecule has 30 heavy (non-hydrogen) atoms. The summed E-state index contributed by atoms with van der Waals surface area (Å²) in [4.78, 5) is 19.4. The van der Waals surface area contributed by atoms with Gasteiger partial charge in [-0.25, -0.2) is 0 Å². The van der Waals surface area contributed by atoms with Gasteiger partial charge in [0.1, 0.15) is 5.78 Å². The molecule has 164 valence electrons. The number of allylic oxidation sites excluding steroid dienone is 4. The maximum Gasteiger partial charge on any atom is 0.142 e. The van der Waals surface area contributed by atoms with Crippen molar-refractivity contribution in [1.29, 1.82) is 0 Å². The Bertz CT molecular complexity index is 743. The zero-order chi connectivity index (χ0) is 20.3. The second kappa shape index (κ2) is 7.30. The van der Waals surface area contributed by atoms with Crippen LogP contribution >= 0.6 is 0 Å². The quantitative estimate of drug-likeness (QED) is 0.643. The summed E-state index contributed by atoms with van der Waals surface area (Å²) in [5.74, 6) is 2.75. The zero-order valence-electron chi connectivity index (χ0n) is 19.0. The normalized spacial score (nSPS) is 44.3. The minimum atomic E-state index is -0.0813. The van der Waals surface area contributed by atoms with Gasteiger partial charge in [-0.15, -0.1) is 0 Å². The molecule has 0 aromatic heterocycles. The van der Waals surface area contributed by atoms with E-state index in [1.165, 1.54) is 77.5 Å². The van der Waals surface area contributed by atoms with Crippen molar-refractivity contribution in [2.75, 3.05) is 26.2 Å². The van der Waals surface area contributed by atoms with Crippen molar-refractivity contribution < 1.29 is 4.79 Å². The van der Waals surface area contributed by atoms with Gasteiger partial charge < -0.3 is 0 Å². The van der Waals surface area contributed by atoms with Crippen molar-refractivity contribution in [3.05, 3.63) is 23.8 Å². The maximum absolute atomic E-state index is 13.8. The molecular weight excluding hydrogens is 368 g/mol. The first-order valence-electron chi connectivity index (χ1n) is 13.0. The molecular formula is C27H40N2O. The fraction of sp³-hybridized carbons (Fsp3) is 0.815. The van der Waals surface area contributed by atoms with Gasteiger partial charge in [-0.3, -0.25) is 14.6 Å². The van der Waals surface area contributed by atoms with E-state index < -0.39 is 0 Å². The van der Waals surface area contributed by atoms with Crippen molar-refractivity contribution in [2.24, 2.45) is 28.6 Å². The fourth-order valence-corrected chi connectivity index (χ4v) is 9.12. The van der Waals surface area contributed by atoms with Gasteiger partial charge in [-0.05, 0) is 119 Å². The van der Waals surface area contributed by atoms with E-state index in [0.29, 0.717) is 23.3 Å². The van der Waals surface area contributed by atoms with Crippen molar-refractivity contribution >= 4 is 5.78 Å². The Balaban J connectivity index is 1.40. The van der Waals surface area contributed by atoms with Crippen molar-refractivity contribution in [3.8, 4) is 0 Å². The van der Waals surface area contributed by atoms with Crippen LogP contribution in [0.5, 0.6) is 0 Å². The van der Waals surface area contributed by atoms with E-state index >= 15 is 0 Å². The number of carbonyl (C=O) groups excluding carboxylic acids is 1. The molecule has 4 fully saturated rings. The predicted molar refractivity (Wildman–Crippen MR) is 121 cm³/mol. The summed E-state index contributed by atoms with van der Waals surface area (Å²) in [6.45, 7) is 7.40. The molecule has 0 aromatic rings. The highest BCUT2D eigenvalue weighted by Crippen LogP contribution is 2.65. The molecule has 0 bridgehead atoms. The lowest BCUT2D eigenvalue weighted by molar-refractivity contribution is -0.153. The van der Waals surface area contributed by atoms with Gasteiger partial charge in [-0.2, -0.15) is 0 Å². The molecule has 0 spiro atoms. The molecule has 3 nitrogen and oxygen atoms in total. The first-order chi connectivity index (χ1) is 14.6. The van der Waals surface area contributed by atoms with Crippen molar-refractivity contribution in [3.63, 3.8) is 0 Å². The number of nitrogens with zero attached hydrogens (tertiary/aromatic N) is 2. The number of rotatable bonds is 3. The van der Waals surface area contributed by atoms with Crippen LogP contribution in [0.3, 0.4) is 0 Å². The molecule has 6 rings (SSSR count). The highest BCUT2D eigenvalue weighted by molar-refractivity contribution is 5.88. The van der Waals surface area contributed by atoms with Gasteiger partial charge in [0.05, 0.1) is 11.6 Å². The van der Waals surface area contributed by atoms with E-state index in [1.54, 1.807) is 5.57 Å². The van der Waals surface area contributed by atoms with E-state index in [4.69, 9.17) is 0 Å². The average Bonchev–Trinajstić information content (AvgIpc) is 3.51. The van der Waals surface area contributed by atoms with Gasteiger partial charge in [0.2, 0.25) is 0 Å². The number of Topliss-reactive ketones (excluding diaryl/α,β-unsaturated/α-hetero) is 1. The van der Waals surface area contributed by atoms with Crippen molar-refractivity contribution in [2.45, 2.75) is 83.7 Å². The van der Waals surface area contributed by atoms with E-state index in [1.807, 2.05) is 0 Å². The first kappa shape index (κ1) is 19.7. The van der Waals surface area contributed by atoms with Gasteiger partial charge in [-0.1, -0.05) is 25.2 Å². The van der Waals surface area contributed by atoms with Crippen LogP contribution in [0.25, 0.3) is 0 Å². The van der Waals surface area contributed by atoms with Gasteiger partial charge in [0.15, 0.2) is 0 Å². The fourth-order valence-electron chi connectivity index (χ4n) is 9.12. The average molecular weight is 409 g/mol. The topological polar surface area (TPSA) is 23.6 Å². The second-order valence-corrected chi connectivity index (χ2v) is 11.5. The van der Waals surface area contributed by atoms with Gasteiger partial charge >= 0.3 is 0 Å². The highest BCUT2D eigenvalue weighted by Gasteiger charge is 2.64. The molecule has 0 unspecified atom stereocenters. The van der Waals surface area contributed by atoms with Crippen LogP contribution in [0.15, 0.2) is 23.8 Å². The Kier molecular flexibility index (Phi) is 4.80. The third-order valence-corrected chi connectivity index (χ3v) is 10.4. The summed E-state index contributed by atoms with van der Waals surface area (Å²) in [5.41, 5.74) is 1.89. The Hall–Kier alpha value is -0.930. The summed E-state index contributed by atoms with van der Waals surface area (Å²) in [7, 11) is 0. The Morgan fingerprint density at radius 3 is 2.37 bits per heavy atom. The third kappa shape index (κ3) is 2.67. The van der Waals surface area contributed by atoms with Gasteiger partial charge in [0, 0.05) is 6.42 Å². The summed E-state index contributed by atoms with van der Waals surface area (Å²) in [6.07, 6.45) is 21.3. The summed E-state index contributed by atoms with van der Waals surface area (Å²) in [5, 5.41) is 0. The van der Waals surface area contributed by atoms with E-state index in [2.05, 4.69) is 35.0 Å². The van der Waals surface area contributed by atoms with Crippen LogP contribution in [0, 0.1) is 28.6 Å². The second-order valence-electron chi connectivity index (χ2n) is 11.5. The lowest BCUT2D eigenvalue weighted by Gasteiger charge is -2.59. The SMILES string of the molecule is C[C@]12CCC=CC1=CC[C@@H]1[C@@H]2CC[C@]2(C(N3CCCC3)N3CCCC3)C(=O)CC[C@@H]12. The number of carbonyl (C=O) groups is 1. The number of likely N-dealkylation sites (tertiary alicyclic amines) is 2. The standard InChI is InChI=1S/C27H40N2O/c1-26-14-3-2-8-20(26)9-10-21-22(26)13-15-27(23(21)11-12-24(27)30)25(28-16-4-5-17-28)29-18-6-7-19-29/h2,8-9,21-23,25H,3-7,10-19H2,1H3/t21-,22+,23+,26+,27-/m1/s1. The number of hydrogen-bond donors (Lipinski definition) is 0. The van der Waals surface area contributed by atoms with Crippen LogP contribution in [0.2, 0.25) is 0 Å². The molecule has 5 atom stereocenters. The minimum absolute atomic E-state index is 0.0813. The number of ketones is 1.